The highest BCUT2D eigenvalue weighted by molar-refractivity contribution is 4.93. The molecule has 0 aromatic heterocycles. The molecule has 2 N–H and O–H groups in total. The zero-order chi connectivity index (χ0) is 11.8. The highest BCUT2D eigenvalue weighted by Gasteiger charge is 2.40. The predicted octanol–water partition coefficient (Wildman–Crippen LogP) is 1.47. The van der Waals surface area contributed by atoms with Crippen LogP contribution in [-0.2, 0) is 4.74 Å². The maximum absolute atomic E-state index is 6.37. The fourth-order valence-corrected chi connectivity index (χ4v) is 4.24. The van der Waals surface area contributed by atoms with Crippen LogP contribution in [0.3, 0.4) is 0 Å². The standard InChI is InChI=1S/C14H26N2O/c1-16-4-5-17-14(9-16)13(15)8-12-7-10-2-3-11(12)6-10/h10-14H,2-9,15H2,1H3. The molecular weight excluding hydrogens is 212 g/mol. The third-order valence-corrected chi connectivity index (χ3v) is 5.23. The number of nitrogens with two attached hydrogens (primary N) is 1. The molecule has 3 aliphatic rings. The first-order valence-electron chi connectivity index (χ1n) is 7.28. The summed E-state index contributed by atoms with van der Waals surface area (Å²) in [6, 6.07) is 0.252. The van der Waals surface area contributed by atoms with Crippen LogP contribution in [0, 0.1) is 17.8 Å². The zero-order valence-corrected chi connectivity index (χ0v) is 11.0. The molecule has 0 aromatic rings. The van der Waals surface area contributed by atoms with Gasteiger partial charge < -0.3 is 15.4 Å². The fourth-order valence-electron chi connectivity index (χ4n) is 4.24. The molecule has 1 aliphatic heterocycles. The number of ether oxygens (including phenoxy) is 1. The van der Waals surface area contributed by atoms with Crippen LogP contribution in [0.5, 0.6) is 0 Å². The third kappa shape index (κ3) is 2.51. The number of hydrogen-bond donors (Lipinski definition) is 1. The van der Waals surface area contributed by atoms with Crippen LogP contribution in [0.2, 0.25) is 0 Å². The molecule has 3 heteroatoms. The Morgan fingerprint density at radius 2 is 2.24 bits per heavy atom. The van der Waals surface area contributed by atoms with Crippen LogP contribution in [0.4, 0.5) is 0 Å². The summed E-state index contributed by atoms with van der Waals surface area (Å²) in [6.45, 7) is 2.92. The van der Waals surface area contributed by atoms with Crippen molar-refractivity contribution in [1.29, 1.82) is 0 Å². The monoisotopic (exact) mass is 238 g/mol. The van der Waals surface area contributed by atoms with Gasteiger partial charge in [-0.15, -0.1) is 0 Å². The molecule has 0 radical (unpaired) electrons. The molecule has 3 rings (SSSR count). The molecule has 17 heavy (non-hydrogen) atoms. The summed E-state index contributed by atoms with van der Waals surface area (Å²) in [7, 11) is 2.17. The van der Waals surface area contributed by atoms with E-state index in [1.165, 1.54) is 32.1 Å². The van der Waals surface area contributed by atoms with E-state index in [1.54, 1.807) is 0 Å². The van der Waals surface area contributed by atoms with Gasteiger partial charge >= 0.3 is 0 Å². The Kier molecular flexibility index (Phi) is 3.42. The summed E-state index contributed by atoms with van der Waals surface area (Å²) >= 11 is 0. The van der Waals surface area contributed by atoms with Crippen LogP contribution in [0.1, 0.15) is 32.1 Å². The Hall–Kier alpha value is -0.120. The van der Waals surface area contributed by atoms with Crippen LogP contribution in [0.15, 0.2) is 0 Å². The largest absolute Gasteiger partial charge is 0.374 e. The molecule has 3 fully saturated rings. The first-order valence-corrected chi connectivity index (χ1v) is 7.28. The van der Waals surface area contributed by atoms with Crippen molar-refractivity contribution in [3.63, 3.8) is 0 Å². The van der Waals surface area contributed by atoms with Crippen LogP contribution in [-0.4, -0.2) is 43.8 Å². The number of rotatable bonds is 3. The van der Waals surface area contributed by atoms with E-state index < -0.39 is 0 Å². The first-order chi connectivity index (χ1) is 8.22. The zero-order valence-electron chi connectivity index (χ0n) is 11.0. The second kappa shape index (κ2) is 4.87. The average Bonchev–Trinajstić information content (AvgIpc) is 2.91. The van der Waals surface area contributed by atoms with Crippen LogP contribution >= 0.6 is 0 Å². The van der Waals surface area contributed by atoms with Gasteiger partial charge in [0.2, 0.25) is 0 Å². The quantitative estimate of drug-likeness (QED) is 0.809. The van der Waals surface area contributed by atoms with Gasteiger partial charge in [0.05, 0.1) is 12.7 Å². The Labute approximate surface area is 105 Å². The van der Waals surface area contributed by atoms with Gasteiger partial charge in [-0.3, -0.25) is 0 Å². The Balaban J connectivity index is 1.51. The normalized spacial score (nSPS) is 44.1. The van der Waals surface area contributed by atoms with Crippen molar-refractivity contribution in [2.45, 2.75) is 44.2 Å². The minimum Gasteiger partial charge on any atom is -0.374 e. The molecule has 1 saturated heterocycles. The van der Waals surface area contributed by atoms with Gasteiger partial charge in [-0.05, 0) is 50.5 Å². The maximum Gasteiger partial charge on any atom is 0.0853 e. The van der Waals surface area contributed by atoms with E-state index in [-0.39, 0.29) is 12.1 Å². The van der Waals surface area contributed by atoms with Crippen molar-refractivity contribution in [2.24, 2.45) is 23.5 Å². The topological polar surface area (TPSA) is 38.5 Å². The molecule has 0 spiro atoms. The lowest BCUT2D eigenvalue weighted by atomic mass is 9.83. The highest BCUT2D eigenvalue weighted by atomic mass is 16.5. The Bertz CT molecular complexity index is 271. The average molecular weight is 238 g/mol. The van der Waals surface area contributed by atoms with E-state index in [9.17, 15) is 0 Å². The van der Waals surface area contributed by atoms with E-state index in [1.807, 2.05) is 0 Å². The van der Waals surface area contributed by atoms with Crippen molar-refractivity contribution in [2.75, 3.05) is 26.7 Å². The molecule has 1 heterocycles. The lowest BCUT2D eigenvalue weighted by Gasteiger charge is -2.35. The van der Waals surface area contributed by atoms with Crippen molar-refractivity contribution in [3.8, 4) is 0 Å². The lowest BCUT2D eigenvalue weighted by molar-refractivity contribution is -0.0366. The van der Waals surface area contributed by atoms with Crippen molar-refractivity contribution in [1.82, 2.24) is 4.90 Å². The Morgan fingerprint density at radius 1 is 1.35 bits per heavy atom. The predicted molar refractivity (Wildman–Crippen MR) is 68.8 cm³/mol. The molecule has 2 saturated carbocycles. The fraction of sp³-hybridized carbons (Fsp3) is 1.00. The summed E-state index contributed by atoms with van der Waals surface area (Å²) in [5.74, 6) is 2.93. The van der Waals surface area contributed by atoms with Gasteiger partial charge in [0.15, 0.2) is 0 Å². The minimum absolute atomic E-state index is 0.252. The number of hydrogen-bond acceptors (Lipinski definition) is 3. The maximum atomic E-state index is 6.37. The van der Waals surface area contributed by atoms with Gasteiger partial charge in [-0.25, -0.2) is 0 Å². The molecule has 3 nitrogen and oxygen atoms in total. The summed E-state index contributed by atoms with van der Waals surface area (Å²) in [6.07, 6.45) is 7.35. The second-order valence-corrected chi connectivity index (χ2v) is 6.51. The summed E-state index contributed by atoms with van der Waals surface area (Å²) < 4.78 is 5.83. The van der Waals surface area contributed by atoms with Crippen LogP contribution < -0.4 is 5.73 Å². The number of likely N-dealkylation sites (N-methyl/N-ethyl adjacent to an activating group) is 1. The molecule has 0 aromatic carbocycles. The third-order valence-electron chi connectivity index (χ3n) is 5.23. The summed E-state index contributed by atoms with van der Waals surface area (Å²) in [5.41, 5.74) is 6.37. The molecular formula is C14H26N2O. The highest BCUT2D eigenvalue weighted by Crippen LogP contribution is 2.49. The SMILES string of the molecule is CN1CCOC(C(N)CC2CC3CCC2C3)C1. The number of nitrogens with zero attached hydrogens (tertiary/aromatic N) is 1. The number of morpholine rings is 1. The van der Waals surface area contributed by atoms with Crippen LogP contribution in [0.25, 0.3) is 0 Å². The lowest BCUT2D eigenvalue weighted by Crippen LogP contribution is -2.50. The van der Waals surface area contributed by atoms with E-state index in [0.29, 0.717) is 0 Å². The van der Waals surface area contributed by atoms with E-state index >= 15 is 0 Å². The molecule has 2 aliphatic carbocycles. The van der Waals surface area contributed by atoms with Gasteiger partial charge in [0.1, 0.15) is 0 Å². The number of fused-ring (bicyclic) bond motifs is 2. The summed E-state index contributed by atoms with van der Waals surface area (Å²) in [4.78, 5) is 2.34. The van der Waals surface area contributed by atoms with Gasteiger partial charge in [0.25, 0.3) is 0 Å². The van der Waals surface area contributed by atoms with Crippen molar-refractivity contribution >= 4 is 0 Å². The smallest absolute Gasteiger partial charge is 0.0853 e. The molecule has 5 atom stereocenters. The van der Waals surface area contributed by atoms with E-state index in [4.69, 9.17) is 10.5 Å². The second-order valence-electron chi connectivity index (χ2n) is 6.51. The van der Waals surface area contributed by atoms with E-state index in [0.717, 1.165) is 37.5 Å². The minimum atomic E-state index is 0.252. The van der Waals surface area contributed by atoms with Gasteiger partial charge in [0, 0.05) is 19.1 Å². The Morgan fingerprint density at radius 3 is 2.88 bits per heavy atom. The first kappa shape index (κ1) is 11.9. The molecule has 0 amide bonds. The van der Waals surface area contributed by atoms with E-state index in [2.05, 4.69) is 11.9 Å². The molecule has 2 bridgehead atoms. The summed E-state index contributed by atoms with van der Waals surface area (Å²) in [5, 5.41) is 0. The van der Waals surface area contributed by atoms with Crippen molar-refractivity contribution < 1.29 is 4.74 Å². The molecule has 98 valence electrons. The van der Waals surface area contributed by atoms with Gasteiger partial charge in [-0.1, -0.05) is 6.42 Å². The van der Waals surface area contributed by atoms with Gasteiger partial charge in [-0.2, -0.15) is 0 Å². The molecule has 5 unspecified atom stereocenters. The van der Waals surface area contributed by atoms with Crippen molar-refractivity contribution in [3.05, 3.63) is 0 Å².